The van der Waals surface area contributed by atoms with E-state index >= 15 is 0 Å². The lowest BCUT2D eigenvalue weighted by molar-refractivity contribution is -0.398. The molecule has 0 radical (unpaired) electrons. The summed E-state index contributed by atoms with van der Waals surface area (Å²) >= 11 is 10.8. The minimum atomic E-state index is -0.792. The molecule has 0 aliphatic rings. The van der Waals surface area contributed by atoms with Gasteiger partial charge < -0.3 is 15.2 Å². The number of hydrazone groups is 1. The summed E-state index contributed by atoms with van der Waals surface area (Å²) in [5.74, 6) is -0.0230. The first-order chi connectivity index (χ1) is 12.4. The van der Waals surface area contributed by atoms with Gasteiger partial charge in [-0.2, -0.15) is 5.10 Å². The van der Waals surface area contributed by atoms with Crippen molar-refractivity contribution < 1.29 is 14.8 Å². The number of nitrogens with one attached hydrogen (secondary N) is 2. The highest BCUT2D eigenvalue weighted by Gasteiger charge is 2.11. The van der Waals surface area contributed by atoms with Gasteiger partial charge in [0.05, 0.1) is 18.2 Å². The lowest BCUT2D eigenvalue weighted by Crippen LogP contribution is -2.31. The molecule has 0 aliphatic heterocycles. The Morgan fingerprint density at radius 3 is 2.69 bits per heavy atom. The van der Waals surface area contributed by atoms with Gasteiger partial charge in [0.15, 0.2) is 5.11 Å². The molecule has 136 valence electrons. The second-order valence-corrected chi connectivity index (χ2v) is 5.85. The summed E-state index contributed by atoms with van der Waals surface area (Å²) in [6.45, 7) is 0.459. The number of halogens is 1. The number of nitro benzene ring substituents is 1. The molecule has 0 aromatic heterocycles. The van der Waals surface area contributed by atoms with E-state index in [4.69, 9.17) is 28.6 Å². The fraction of sp³-hybridized carbons (Fsp3) is 0.125. The van der Waals surface area contributed by atoms with Crippen LogP contribution in [0.3, 0.4) is 0 Å². The second-order valence-electron chi connectivity index (χ2n) is 5.00. The topological polar surface area (TPSA) is 112 Å². The average molecular weight is 394 g/mol. The third-order valence-corrected chi connectivity index (χ3v) is 3.70. The Morgan fingerprint density at radius 2 is 2.08 bits per heavy atom. The van der Waals surface area contributed by atoms with Crippen LogP contribution >= 0.6 is 23.8 Å². The molecule has 0 unspecified atom stereocenters. The van der Waals surface area contributed by atoms with E-state index in [1.807, 2.05) is 24.3 Å². The van der Waals surface area contributed by atoms with Crippen molar-refractivity contribution in [2.45, 2.75) is 6.54 Å². The van der Waals surface area contributed by atoms with Gasteiger partial charge >= 0.3 is 0 Å². The molecular formula is C16H14ClN4O4S-. The molecule has 26 heavy (non-hydrogen) atoms. The van der Waals surface area contributed by atoms with Crippen molar-refractivity contribution >= 4 is 40.8 Å². The highest BCUT2D eigenvalue weighted by atomic mass is 35.5. The van der Waals surface area contributed by atoms with Crippen LogP contribution in [0.2, 0.25) is 5.02 Å². The SMILES string of the molecule is COc1ccc(CNC(=S)N/N=C\c2cc(Cl)cc([N+](=O)[O-])c2[O-])cc1. The molecule has 0 aliphatic carbocycles. The summed E-state index contributed by atoms with van der Waals surface area (Å²) in [6.07, 6.45) is 1.13. The van der Waals surface area contributed by atoms with Crippen molar-refractivity contribution in [3.05, 3.63) is 62.7 Å². The fourth-order valence-corrected chi connectivity index (χ4v) is 2.30. The summed E-state index contributed by atoms with van der Waals surface area (Å²) in [5, 5.41) is 29.8. The number of nitrogens with zero attached hydrogens (tertiary/aromatic N) is 2. The van der Waals surface area contributed by atoms with Crippen molar-refractivity contribution in [2.75, 3.05) is 7.11 Å². The predicted octanol–water partition coefficient (Wildman–Crippen LogP) is 2.33. The number of hydrogen-bond donors (Lipinski definition) is 2. The first-order valence-corrected chi connectivity index (χ1v) is 8.04. The van der Waals surface area contributed by atoms with Gasteiger partial charge in [-0.15, -0.1) is 0 Å². The molecule has 2 aromatic rings. The summed E-state index contributed by atoms with van der Waals surface area (Å²) < 4.78 is 5.08. The second kappa shape index (κ2) is 8.97. The lowest BCUT2D eigenvalue weighted by Gasteiger charge is -2.11. The quantitative estimate of drug-likeness (QED) is 0.335. The molecule has 0 saturated heterocycles. The van der Waals surface area contributed by atoms with Gasteiger partial charge in [-0.1, -0.05) is 23.7 Å². The Kier molecular flexibility index (Phi) is 6.70. The highest BCUT2D eigenvalue weighted by molar-refractivity contribution is 7.80. The molecule has 0 bridgehead atoms. The van der Waals surface area contributed by atoms with Crippen molar-refractivity contribution in [3.8, 4) is 11.5 Å². The zero-order valence-corrected chi connectivity index (χ0v) is 15.1. The number of methoxy groups -OCH3 is 1. The van der Waals surface area contributed by atoms with Crippen molar-refractivity contribution in [1.29, 1.82) is 0 Å². The van der Waals surface area contributed by atoms with E-state index in [2.05, 4.69) is 15.8 Å². The zero-order chi connectivity index (χ0) is 19.1. The van der Waals surface area contributed by atoms with E-state index in [1.165, 1.54) is 6.07 Å². The van der Waals surface area contributed by atoms with Gasteiger partial charge in [-0.25, -0.2) is 0 Å². The molecule has 10 heteroatoms. The Morgan fingerprint density at radius 1 is 1.38 bits per heavy atom. The summed E-state index contributed by atoms with van der Waals surface area (Å²) in [4.78, 5) is 10.0. The van der Waals surface area contributed by atoms with Crippen molar-refractivity contribution in [3.63, 3.8) is 0 Å². The van der Waals surface area contributed by atoms with Gasteiger partial charge in [0.25, 0.3) is 5.69 Å². The fourth-order valence-electron chi connectivity index (χ4n) is 1.96. The molecule has 2 aromatic carbocycles. The van der Waals surface area contributed by atoms with E-state index in [0.29, 0.717) is 6.54 Å². The molecule has 0 spiro atoms. The molecule has 2 rings (SSSR count). The Hall–Kier alpha value is -2.91. The van der Waals surface area contributed by atoms with Crippen LogP contribution in [0.4, 0.5) is 5.69 Å². The van der Waals surface area contributed by atoms with E-state index in [9.17, 15) is 15.2 Å². The first kappa shape index (κ1) is 19.4. The van der Waals surface area contributed by atoms with Crippen LogP contribution in [0, 0.1) is 10.1 Å². The lowest BCUT2D eigenvalue weighted by atomic mass is 10.2. The monoisotopic (exact) mass is 393 g/mol. The van der Waals surface area contributed by atoms with Crippen molar-refractivity contribution in [1.82, 2.24) is 10.7 Å². The molecule has 2 N–H and O–H groups in total. The Labute approximate surface area is 159 Å². The van der Waals surface area contributed by atoms with E-state index < -0.39 is 16.4 Å². The van der Waals surface area contributed by atoms with Crippen LogP contribution < -0.4 is 20.6 Å². The maximum Gasteiger partial charge on any atom is 0.263 e. The zero-order valence-electron chi connectivity index (χ0n) is 13.6. The van der Waals surface area contributed by atoms with Gasteiger partial charge in [0.1, 0.15) is 5.75 Å². The normalized spacial score (nSPS) is 10.5. The maximum absolute atomic E-state index is 11.9. The number of ether oxygens (including phenoxy) is 1. The Balaban J connectivity index is 1.93. The molecule has 8 nitrogen and oxygen atoms in total. The van der Waals surface area contributed by atoms with E-state index in [0.717, 1.165) is 23.6 Å². The highest BCUT2D eigenvalue weighted by Crippen LogP contribution is 2.29. The molecule has 0 heterocycles. The number of rotatable bonds is 6. The van der Waals surface area contributed by atoms with Crippen LogP contribution in [-0.4, -0.2) is 23.4 Å². The molecule has 0 amide bonds. The van der Waals surface area contributed by atoms with Crippen LogP contribution in [0.25, 0.3) is 0 Å². The van der Waals surface area contributed by atoms with Crippen LogP contribution in [0.1, 0.15) is 11.1 Å². The third-order valence-electron chi connectivity index (χ3n) is 3.24. The number of hydrogen-bond acceptors (Lipinski definition) is 6. The number of benzene rings is 2. The Bertz CT molecular complexity index is 843. The number of nitro groups is 1. The van der Waals surface area contributed by atoms with Gasteiger partial charge in [0.2, 0.25) is 0 Å². The molecule has 0 fully saturated rings. The standard InChI is InChI=1S/C16H15ClN4O4S/c1-25-13-4-2-10(3-5-13)8-18-16(26)20-19-9-11-6-12(17)7-14(15(11)22)21(23)24/h2-7,9,22H,8H2,1H3,(H2,18,20,26)/p-1/b19-9-. The summed E-state index contributed by atoms with van der Waals surface area (Å²) in [6, 6.07) is 9.70. The first-order valence-electron chi connectivity index (χ1n) is 7.25. The average Bonchev–Trinajstić information content (AvgIpc) is 2.62. The minimum absolute atomic E-state index is 0.0188. The van der Waals surface area contributed by atoms with Gasteiger partial charge in [0, 0.05) is 17.6 Å². The minimum Gasteiger partial charge on any atom is -0.867 e. The molecule has 0 saturated carbocycles. The van der Waals surface area contributed by atoms with E-state index in [1.54, 1.807) is 7.11 Å². The van der Waals surface area contributed by atoms with Crippen LogP contribution in [0.15, 0.2) is 41.5 Å². The van der Waals surface area contributed by atoms with Gasteiger partial charge in [-0.05, 0) is 47.3 Å². The van der Waals surface area contributed by atoms with E-state index in [-0.39, 0.29) is 15.7 Å². The molecule has 0 atom stereocenters. The smallest absolute Gasteiger partial charge is 0.263 e. The van der Waals surface area contributed by atoms with Crippen LogP contribution in [0.5, 0.6) is 11.5 Å². The summed E-state index contributed by atoms with van der Waals surface area (Å²) in [7, 11) is 1.59. The van der Waals surface area contributed by atoms with Gasteiger partial charge in [-0.3, -0.25) is 15.5 Å². The largest absolute Gasteiger partial charge is 0.867 e. The molecular weight excluding hydrogens is 380 g/mol. The maximum atomic E-state index is 11.9. The number of thiocarbonyl (C=S) groups is 1. The van der Waals surface area contributed by atoms with Crippen LogP contribution in [-0.2, 0) is 6.54 Å². The van der Waals surface area contributed by atoms with Crippen molar-refractivity contribution in [2.24, 2.45) is 5.10 Å². The third kappa shape index (κ3) is 5.30. The predicted molar refractivity (Wildman–Crippen MR) is 101 cm³/mol. The summed E-state index contributed by atoms with van der Waals surface area (Å²) in [5.41, 5.74) is 2.88.